The highest BCUT2D eigenvalue weighted by atomic mass is 16.6. The summed E-state index contributed by atoms with van der Waals surface area (Å²) in [5.74, 6) is 0. The van der Waals surface area contributed by atoms with Crippen LogP contribution in [0.4, 0.5) is 0 Å². The third-order valence-electron chi connectivity index (χ3n) is 8.38. The van der Waals surface area contributed by atoms with Gasteiger partial charge in [-0.3, -0.25) is 19.6 Å². The van der Waals surface area contributed by atoms with Crippen LogP contribution >= 0.6 is 0 Å². The van der Waals surface area contributed by atoms with Gasteiger partial charge >= 0.3 is 0 Å². The standard InChI is InChI=1S/2C14H24N2O4/c2*1(15(3-11-7-17-11)4-12-8-18-12)2-16(5-13-9-19-13)6-14-10-20-14/h2*11-14H,1-10H2. The molecule has 12 heteroatoms. The summed E-state index contributed by atoms with van der Waals surface area (Å²) in [7, 11) is 0. The summed E-state index contributed by atoms with van der Waals surface area (Å²) >= 11 is 0. The highest BCUT2D eigenvalue weighted by molar-refractivity contribution is 4.85. The minimum Gasteiger partial charge on any atom is -0.372 e. The lowest BCUT2D eigenvalue weighted by molar-refractivity contribution is 0.165. The maximum Gasteiger partial charge on any atom is 0.0936 e. The van der Waals surface area contributed by atoms with Crippen LogP contribution in [0, 0.1) is 0 Å². The second-order valence-corrected chi connectivity index (χ2v) is 12.7. The van der Waals surface area contributed by atoms with Crippen molar-refractivity contribution in [2.75, 3.05) is 131 Å². The smallest absolute Gasteiger partial charge is 0.0936 e. The fourth-order valence-electron chi connectivity index (χ4n) is 5.29. The number of epoxide rings is 8. The Morgan fingerprint density at radius 3 is 0.500 bits per heavy atom. The summed E-state index contributed by atoms with van der Waals surface area (Å²) in [6, 6.07) is 0. The Bertz CT molecular complexity index is 598. The lowest BCUT2D eigenvalue weighted by Gasteiger charge is -2.26. The van der Waals surface area contributed by atoms with Crippen molar-refractivity contribution in [3.8, 4) is 0 Å². The predicted octanol–water partition coefficient (Wildman–Crippen LogP) is -1.63. The molecule has 0 spiro atoms. The van der Waals surface area contributed by atoms with Crippen LogP contribution in [0.2, 0.25) is 0 Å². The van der Waals surface area contributed by atoms with Crippen LogP contribution in [0.15, 0.2) is 0 Å². The Morgan fingerprint density at radius 2 is 0.400 bits per heavy atom. The molecular weight excluding hydrogens is 520 g/mol. The molecule has 0 amide bonds. The molecule has 8 aliphatic rings. The molecule has 40 heavy (non-hydrogen) atoms. The van der Waals surface area contributed by atoms with E-state index < -0.39 is 0 Å². The fraction of sp³-hybridized carbons (Fsp3) is 1.00. The van der Waals surface area contributed by atoms with Gasteiger partial charge in [0.05, 0.1) is 102 Å². The first-order chi connectivity index (χ1) is 19.7. The second kappa shape index (κ2) is 13.4. The summed E-state index contributed by atoms with van der Waals surface area (Å²) < 4.78 is 42.9. The Morgan fingerprint density at radius 1 is 0.275 bits per heavy atom. The number of rotatable bonds is 22. The van der Waals surface area contributed by atoms with Gasteiger partial charge in [-0.25, -0.2) is 0 Å². The molecule has 0 bridgehead atoms. The summed E-state index contributed by atoms with van der Waals surface area (Å²) in [6.45, 7) is 20.1. The molecule has 0 aromatic rings. The summed E-state index contributed by atoms with van der Waals surface area (Å²) in [6.07, 6.45) is 3.67. The second-order valence-electron chi connectivity index (χ2n) is 12.7. The molecular formula is C28H48N4O8. The molecule has 8 rings (SSSR count). The molecule has 0 aromatic heterocycles. The topological polar surface area (TPSA) is 113 Å². The third kappa shape index (κ3) is 11.7. The molecule has 12 nitrogen and oxygen atoms in total. The van der Waals surface area contributed by atoms with Gasteiger partial charge in [-0.2, -0.15) is 0 Å². The van der Waals surface area contributed by atoms with Gasteiger partial charge in [0.15, 0.2) is 0 Å². The summed E-state index contributed by atoms with van der Waals surface area (Å²) in [5, 5.41) is 0. The lowest BCUT2D eigenvalue weighted by Crippen LogP contribution is -2.41. The molecule has 228 valence electrons. The van der Waals surface area contributed by atoms with Gasteiger partial charge in [0, 0.05) is 78.5 Å². The van der Waals surface area contributed by atoms with Crippen LogP contribution in [0.1, 0.15) is 0 Å². The Balaban J connectivity index is 0.000000132. The minimum absolute atomic E-state index is 0.459. The quantitative estimate of drug-likeness (QED) is 0.140. The highest BCUT2D eigenvalue weighted by Gasteiger charge is 2.35. The molecule has 8 atom stereocenters. The van der Waals surface area contributed by atoms with Gasteiger partial charge in [0.2, 0.25) is 0 Å². The van der Waals surface area contributed by atoms with E-state index in [9.17, 15) is 0 Å². The zero-order valence-corrected chi connectivity index (χ0v) is 23.8. The first kappa shape index (κ1) is 28.3. The number of ether oxygens (including phenoxy) is 8. The van der Waals surface area contributed by atoms with Crippen molar-refractivity contribution in [1.29, 1.82) is 0 Å². The Hall–Kier alpha value is -0.480. The number of hydrogen-bond donors (Lipinski definition) is 0. The first-order valence-corrected chi connectivity index (χ1v) is 15.5. The van der Waals surface area contributed by atoms with Gasteiger partial charge in [-0.1, -0.05) is 0 Å². The lowest BCUT2D eigenvalue weighted by atomic mass is 10.3. The molecule has 8 heterocycles. The van der Waals surface area contributed by atoms with E-state index in [0.29, 0.717) is 48.8 Å². The van der Waals surface area contributed by atoms with Crippen LogP contribution in [0.25, 0.3) is 0 Å². The molecule has 8 fully saturated rings. The van der Waals surface area contributed by atoms with Crippen molar-refractivity contribution in [3.63, 3.8) is 0 Å². The molecule has 0 aliphatic carbocycles. The minimum atomic E-state index is 0.459. The van der Waals surface area contributed by atoms with E-state index in [2.05, 4.69) is 19.6 Å². The van der Waals surface area contributed by atoms with Crippen molar-refractivity contribution < 1.29 is 37.9 Å². The largest absolute Gasteiger partial charge is 0.372 e. The first-order valence-electron chi connectivity index (χ1n) is 15.5. The third-order valence-corrected chi connectivity index (χ3v) is 8.38. The van der Waals surface area contributed by atoms with Gasteiger partial charge < -0.3 is 37.9 Å². The van der Waals surface area contributed by atoms with Crippen LogP contribution in [-0.2, 0) is 37.9 Å². The maximum atomic E-state index is 5.36. The van der Waals surface area contributed by atoms with Gasteiger partial charge in [-0.15, -0.1) is 0 Å². The molecule has 8 unspecified atom stereocenters. The van der Waals surface area contributed by atoms with Crippen LogP contribution in [0.5, 0.6) is 0 Å². The SMILES string of the molecule is C1OC1CN(CCN(CC1CO1)CC1CO1)CC1CO1.C1OC1CN(CCN(CC1CO1)CC1CO1)CC1CO1. The van der Waals surface area contributed by atoms with E-state index in [1.807, 2.05) is 0 Å². The summed E-state index contributed by atoms with van der Waals surface area (Å²) in [5.41, 5.74) is 0. The van der Waals surface area contributed by atoms with E-state index in [-0.39, 0.29) is 0 Å². The van der Waals surface area contributed by atoms with Crippen molar-refractivity contribution in [1.82, 2.24) is 19.6 Å². The van der Waals surface area contributed by atoms with Gasteiger partial charge in [0.1, 0.15) is 0 Å². The number of hydrogen-bond acceptors (Lipinski definition) is 12. The van der Waals surface area contributed by atoms with Crippen molar-refractivity contribution in [2.24, 2.45) is 0 Å². The van der Waals surface area contributed by atoms with Crippen molar-refractivity contribution >= 4 is 0 Å². The monoisotopic (exact) mass is 568 g/mol. The molecule has 0 radical (unpaired) electrons. The van der Waals surface area contributed by atoms with E-state index in [4.69, 9.17) is 37.9 Å². The summed E-state index contributed by atoms with van der Waals surface area (Å²) in [4.78, 5) is 9.96. The van der Waals surface area contributed by atoms with Gasteiger partial charge in [-0.05, 0) is 0 Å². The van der Waals surface area contributed by atoms with E-state index in [1.165, 1.54) is 0 Å². The van der Waals surface area contributed by atoms with Gasteiger partial charge in [0.25, 0.3) is 0 Å². The average Bonchev–Trinajstić information content (AvgIpc) is 3.73. The zero-order valence-electron chi connectivity index (χ0n) is 23.8. The highest BCUT2D eigenvalue weighted by Crippen LogP contribution is 2.20. The van der Waals surface area contributed by atoms with E-state index in [0.717, 1.165) is 131 Å². The molecule has 0 aromatic carbocycles. The average molecular weight is 569 g/mol. The molecule has 0 N–H and O–H groups in total. The van der Waals surface area contributed by atoms with E-state index in [1.54, 1.807) is 0 Å². The predicted molar refractivity (Wildman–Crippen MR) is 144 cm³/mol. The van der Waals surface area contributed by atoms with E-state index >= 15 is 0 Å². The normalized spacial score (nSPS) is 37.5. The van der Waals surface area contributed by atoms with Crippen molar-refractivity contribution in [3.05, 3.63) is 0 Å². The fourth-order valence-corrected chi connectivity index (χ4v) is 5.29. The maximum absolute atomic E-state index is 5.36. The Labute approximate surface area is 237 Å². The van der Waals surface area contributed by atoms with Crippen molar-refractivity contribution in [2.45, 2.75) is 48.8 Å². The number of nitrogens with zero attached hydrogens (tertiary/aromatic N) is 4. The molecule has 8 saturated heterocycles. The Kier molecular flexibility index (Phi) is 9.51. The van der Waals surface area contributed by atoms with Crippen LogP contribution in [-0.4, -0.2) is 200 Å². The van der Waals surface area contributed by atoms with Crippen LogP contribution < -0.4 is 0 Å². The molecule has 8 aliphatic heterocycles. The molecule has 0 saturated carbocycles. The van der Waals surface area contributed by atoms with Crippen LogP contribution in [0.3, 0.4) is 0 Å². The zero-order chi connectivity index (χ0) is 26.7.